The highest BCUT2D eigenvalue weighted by Gasteiger charge is 2.08. The second-order valence-corrected chi connectivity index (χ2v) is 4.25. The molecular weight excluding hydrogens is 212 g/mol. The molecule has 2 rings (SSSR count). The maximum Gasteiger partial charge on any atom is 0.113 e. The summed E-state index contributed by atoms with van der Waals surface area (Å²) in [6, 6.07) is 6.12. The van der Waals surface area contributed by atoms with Crippen molar-refractivity contribution in [1.82, 2.24) is 9.55 Å². The van der Waals surface area contributed by atoms with Gasteiger partial charge in [-0.25, -0.2) is 4.98 Å². The van der Waals surface area contributed by atoms with Crippen molar-refractivity contribution in [3.63, 3.8) is 0 Å². The molecule has 1 heterocycles. The molecule has 0 spiro atoms. The zero-order valence-corrected chi connectivity index (χ0v) is 10.3. The fraction of sp³-hybridized carbons (Fsp3) is 0.357. The number of nitrogens with zero attached hydrogens (tertiary/aromatic N) is 2. The van der Waals surface area contributed by atoms with Crippen LogP contribution >= 0.6 is 0 Å². The maximum atomic E-state index is 9.43. The Morgan fingerprint density at radius 3 is 2.88 bits per heavy atom. The molecule has 0 aliphatic heterocycles. The van der Waals surface area contributed by atoms with Gasteiger partial charge in [-0.05, 0) is 19.4 Å². The number of aromatic nitrogens is 2. The van der Waals surface area contributed by atoms with Crippen molar-refractivity contribution in [2.75, 3.05) is 0 Å². The van der Waals surface area contributed by atoms with Crippen molar-refractivity contribution in [2.24, 2.45) is 0 Å². The van der Waals surface area contributed by atoms with Crippen LogP contribution in [0.15, 0.2) is 30.6 Å². The van der Waals surface area contributed by atoms with Gasteiger partial charge in [0.05, 0.1) is 12.3 Å². The molecule has 0 saturated heterocycles. The minimum Gasteiger partial charge on any atom is -0.392 e. The molecule has 0 saturated carbocycles. The summed E-state index contributed by atoms with van der Waals surface area (Å²) in [6.07, 6.45) is 5.78. The van der Waals surface area contributed by atoms with Gasteiger partial charge in [0.15, 0.2) is 0 Å². The summed E-state index contributed by atoms with van der Waals surface area (Å²) in [5, 5.41) is 9.43. The fourth-order valence-corrected chi connectivity index (χ4v) is 2.04. The number of rotatable bonds is 4. The first kappa shape index (κ1) is 11.9. The number of imidazole rings is 1. The lowest BCUT2D eigenvalue weighted by Crippen LogP contribution is -2.04. The molecular formula is C14H18N2O. The van der Waals surface area contributed by atoms with E-state index in [1.165, 1.54) is 0 Å². The van der Waals surface area contributed by atoms with Gasteiger partial charge in [-0.1, -0.05) is 24.6 Å². The van der Waals surface area contributed by atoms with Crippen LogP contribution in [0.4, 0.5) is 0 Å². The van der Waals surface area contributed by atoms with Crippen molar-refractivity contribution in [3.05, 3.63) is 47.5 Å². The Morgan fingerprint density at radius 2 is 2.18 bits per heavy atom. The number of aliphatic hydroxyl groups is 1. The number of benzene rings is 1. The standard InChI is InChI=1S/C14H18N2O/c1-3-4-14-15-7-8-16(14)13-6-5-11(2)9-12(13)10-17/h5-9,17H,3-4,10H2,1-2H3. The van der Waals surface area contributed by atoms with Gasteiger partial charge >= 0.3 is 0 Å². The van der Waals surface area contributed by atoms with Gasteiger partial charge < -0.3 is 9.67 Å². The molecule has 3 heteroatoms. The van der Waals surface area contributed by atoms with Crippen molar-refractivity contribution in [3.8, 4) is 5.69 Å². The van der Waals surface area contributed by atoms with Gasteiger partial charge in [0.25, 0.3) is 0 Å². The van der Waals surface area contributed by atoms with Crippen LogP contribution in [0.25, 0.3) is 5.69 Å². The Balaban J connectivity index is 2.48. The topological polar surface area (TPSA) is 38.0 Å². The van der Waals surface area contributed by atoms with E-state index in [-0.39, 0.29) is 6.61 Å². The van der Waals surface area contributed by atoms with Gasteiger partial charge in [-0.15, -0.1) is 0 Å². The van der Waals surface area contributed by atoms with E-state index < -0.39 is 0 Å². The largest absolute Gasteiger partial charge is 0.392 e. The Labute approximate surface area is 102 Å². The third kappa shape index (κ3) is 2.39. The van der Waals surface area contributed by atoms with Gasteiger partial charge in [-0.2, -0.15) is 0 Å². The Kier molecular flexibility index (Phi) is 3.59. The Morgan fingerprint density at radius 1 is 1.35 bits per heavy atom. The molecule has 0 amide bonds. The first-order chi connectivity index (χ1) is 8.26. The number of hydrogen-bond donors (Lipinski definition) is 1. The molecule has 0 aliphatic carbocycles. The minimum atomic E-state index is 0.0563. The summed E-state index contributed by atoms with van der Waals surface area (Å²) in [4.78, 5) is 4.36. The molecule has 1 aromatic heterocycles. The number of aryl methyl sites for hydroxylation is 2. The van der Waals surface area contributed by atoms with E-state index in [4.69, 9.17) is 0 Å². The van der Waals surface area contributed by atoms with E-state index >= 15 is 0 Å². The molecule has 0 fully saturated rings. The van der Waals surface area contributed by atoms with Crippen LogP contribution in [0, 0.1) is 6.92 Å². The fourth-order valence-electron chi connectivity index (χ4n) is 2.04. The number of aliphatic hydroxyl groups excluding tert-OH is 1. The lowest BCUT2D eigenvalue weighted by atomic mass is 10.1. The summed E-state index contributed by atoms with van der Waals surface area (Å²) in [6.45, 7) is 4.23. The average molecular weight is 230 g/mol. The van der Waals surface area contributed by atoms with Gasteiger partial charge in [0.2, 0.25) is 0 Å². The lowest BCUT2D eigenvalue weighted by Gasteiger charge is -2.12. The highest BCUT2D eigenvalue weighted by Crippen LogP contribution is 2.19. The second-order valence-electron chi connectivity index (χ2n) is 4.25. The molecule has 0 unspecified atom stereocenters. The van der Waals surface area contributed by atoms with E-state index in [1.54, 1.807) is 0 Å². The molecule has 0 aliphatic rings. The minimum absolute atomic E-state index is 0.0563. The Bertz CT molecular complexity index is 503. The highest BCUT2D eigenvalue weighted by molar-refractivity contribution is 5.44. The molecule has 0 radical (unpaired) electrons. The third-order valence-corrected chi connectivity index (χ3v) is 2.86. The molecule has 1 aromatic carbocycles. The third-order valence-electron chi connectivity index (χ3n) is 2.86. The monoisotopic (exact) mass is 230 g/mol. The van der Waals surface area contributed by atoms with Crippen LogP contribution in [0.2, 0.25) is 0 Å². The molecule has 17 heavy (non-hydrogen) atoms. The number of hydrogen-bond acceptors (Lipinski definition) is 2. The first-order valence-corrected chi connectivity index (χ1v) is 5.99. The van der Waals surface area contributed by atoms with Crippen LogP contribution < -0.4 is 0 Å². The van der Waals surface area contributed by atoms with Gasteiger partial charge in [0.1, 0.15) is 5.82 Å². The molecule has 0 bridgehead atoms. The molecule has 1 N–H and O–H groups in total. The van der Waals surface area contributed by atoms with Crippen LogP contribution in [0.5, 0.6) is 0 Å². The smallest absolute Gasteiger partial charge is 0.113 e. The van der Waals surface area contributed by atoms with E-state index in [9.17, 15) is 5.11 Å². The van der Waals surface area contributed by atoms with Crippen LogP contribution in [-0.4, -0.2) is 14.7 Å². The summed E-state index contributed by atoms with van der Waals surface area (Å²) < 4.78 is 2.06. The molecule has 2 aromatic rings. The van der Waals surface area contributed by atoms with Crippen molar-refractivity contribution < 1.29 is 5.11 Å². The summed E-state index contributed by atoms with van der Waals surface area (Å²) in [7, 11) is 0. The zero-order valence-electron chi connectivity index (χ0n) is 10.3. The molecule has 0 atom stereocenters. The SMILES string of the molecule is CCCc1nccn1-c1ccc(C)cc1CO. The molecule has 90 valence electrons. The van der Waals surface area contributed by atoms with Crippen LogP contribution in [-0.2, 0) is 13.0 Å². The van der Waals surface area contributed by atoms with E-state index in [0.29, 0.717) is 0 Å². The average Bonchev–Trinajstić information content (AvgIpc) is 2.77. The summed E-state index contributed by atoms with van der Waals surface area (Å²) in [5.41, 5.74) is 3.13. The zero-order chi connectivity index (χ0) is 12.3. The lowest BCUT2D eigenvalue weighted by molar-refractivity contribution is 0.281. The van der Waals surface area contributed by atoms with E-state index in [0.717, 1.165) is 35.5 Å². The van der Waals surface area contributed by atoms with Crippen LogP contribution in [0.1, 0.15) is 30.3 Å². The van der Waals surface area contributed by atoms with E-state index in [1.807, 2.05) is 31.5 Å². The summed E-state index contributed by atoms with van der Waals surface area (Å²) >= 11 is 0. The second kappa shape index (κ2) is 5.15. The van der Waals surface area contributed by atoms with Crippen molar-refractivity contribution >= 4 is 0 Å². The predicted molar refractivity (Wildman–Crippen MR) is 68.2 cm³/mol. The van der Waals surface area contributed by atoms with Crippen molar-refractivity contribution in [1.29, 1.82) is 0 Å². The van der Waals surface area contributed by atoms with Gasteiger partial charge in [-0.3, -0.25) is 0 Å². The highest BCUT2D eigenvalue weighted by atomic mass is 16.3. The predicted octanol–water partition coefficient (Wildman–Crippen LogP) is 2.63. The normalized spacial score (nSPS) is 10.8. The van der Waals surface area contributed by atoms with Crippen LogP contribution in [0.3, 0.4) is 0 Å². The summed E-state index contributed by atoms with van der Waals surface area (Å²) in [5.74, 6) is 1.05. The first-order valence-electron chi connectivity index (χ1n) is 5.99. The van der Waals surface area contributed by atoms with E-state index in [2.05, 4.69) is 22.5 Å². The van der Waals surface area contributed by atoms with Crippen molar-refractivity contribution in [2.45, 2.75) is 33.3 Å². The quantitative estimate of drug-likeness (QED) is 0.876. The molecule has 3 nitrogen and oxygen atoms in total. The van der Waals surface area contributed by atoms with Gasteiger partial charge in [0, 0.05) is 24.4 Å². The maximum absolute atomic E-state index is 9.43. The Hall–Kier alpha value is -1.61.